The molecule has 7 rings (SSSR count). The third kappa shape index (κ3) is 6.02. The van der Waals surface area contributed by atoms with Crippen LogP contribution in [0.5, 0.6) is 0 Å². The van der Waals surface area contributed by atoms with Crippen LogP contribution in [0.4, 0.5) is 0 Å². The van der Waals surface area contributed by atoms with Crippen molar-refractivity contribution in [3.63, 3.8) is 0 Å². The summed E-state index contributed by atoms with van der Waals surface area (Å²) in [5.74, 6) is 0. The van der Waals surface area contributed by atoms with Gasteiger partial charge in [0.25, 0.3) is 0 Å². The van der Waals surface area contributed by atoms with Crippen LogP contribution in [0.1, 0.15) is 27.7 Å². The molecule has 0 fully saturated rings. The Morgan fingerprint density at radius 2 is 0.841 bits per heavy atom. The standard InChI is InChI=1S/C28H14N2O4.2C2H6.CH7O3PS/c31-25-13-5-1-3-7-15(13)27(33)21-17(25)9-11-19-23(21)29-20-12-10-18-22(24(20)30-19)28(34)16-8-4-2-6-14(16)26(18)32;2*1-2;1-6(2,3,4)5/h1-12,29-30H;2*1-2H3;5H2,1H3,(H2,2,3,4)/p-1. The fraction of sp³-hybridized carbons (Fsp3) is 0.152. The van der Waals surface area contributed by atoms with E-state index < -0.39 is 9.25 Å². The highest BCUT2D eigenvalue weighted by Gasteiger charge is 2.17. The number of nitrogens with one attached hydrogen (secondary N) is 2. The van der Waals surface area contributed by atoms with Crippen molar-refractivity contribution < 1.29 is 13.3 Å². The molecular weight excluding hydrogens is 599 g/mol. The first kappa shape index (κ1) is 32.6. The van der Waals surface area contributed by atoms with Gasteiger partial charge < -0.3 is 19.1 Å². The lowest BCUT2D eigenvalue weighted by Crippen LogP contribution is -2.18. The zero-order valence-corrected chi connectivity index (χ0v) is 26.8. The summed E-state index contributed by atoms with van der Waals surface area (Å²) in [7, 11) is -3.11. The number of H-pyrrole nitrogens is 2. The van der Waals surface area contributed by atoms with Crippen LogP contribution in [0.15, 0.2) is 92.0 Å². The second kappa shape index (κ2) is 12.0. The van der Waals surface area contributed by atoms with Crippen molar-refractivity contribution in [3.05, 3.63) is 114 Å². The van der Waals surface area contributed by atoms with Crippen LogP contribution in [-0.2, 0) is 9.25 Å². The predicted molar refractivity (Wildman–Crippen MR) is 186 cm³/mol. The summed E-state index contributed by atoms with van der Waals surface area (Å²) in [5.41, 5.74) is 1.18. The molecule has 7 aromatic rings. The van der Waals surface area contributed by atoms with Crippen molar-refractivity contribution >= 4 is 82.8 Å². The molecule has 3 N–H and O–H groups in total. The van der Waals surface area contributed by atoms with Crippen molar-refractivity contribution in [1.82, 2.24) is 9.97 Å². The SMILES string of the molecule is CC.CC.CS(=O)([O-])(O)P.O=c1c2ccccc2c(=O)c2c1ccc1[nH]c3c(ccc4c(=O)c5ccccc5c(=O)c43)[nH]c12. The zero-order valence-electron chi connectivity index (χ0n) is 24.8. The zero-order chi connectivity index (χ0) is 32.6. The molecule has 1 atom stereocenters. The molecule has 1 unspecified atom stereocenters. The van der Waals surface area contributed by atoms with E-state index in [-0.39, 0.29) is 21.7 Å². The number of fused-ring (bicyclic) bond motifs is 8. The van der Waals surface area contributed by atoms with E-state index in [0.29, 0.717) is 65.2 Å². The van der Waals surface area contributed by atoms with E-state index in [0.717, 1.165) is 6.26 Å². The lowest BCUT2D eigenvalue weighted by molar-refractivity contribution is 0.405. The smallest absolute Gasteiger partial charge is 0.196 e. The van der Waals surface area contributed by atoms with Gasteiger partial charge in [0.2, 0.25) is 0 Å². The summed E-state index contributed by atoms with van der Waals surface area (Å²) in [6.45, 7) is 8.00. The van der Waals surface area contributed by atoms with Gasteiger partial charge in [0.1, 0.15) is 0 Å². The molecule has 0 aliphatic carbocycles. The number of aromatic nitrogens is 2. The first-order chi connectivity index (χ1) is 20.8. The fourth-order valence-electron chi connectivity index (χ4n) is 5.11. The van der Waals surface area contributed by atoms with E-state index in [9.17, 15) is 27.9 Å². The van der Waals surface area contributed by atoms with E-state index in [1.807, 2.05) is 27.7 Å². The summed E-state index contributed by atoms with van der Waals surface area (Å²) in [4.78, 5) is 59.5. The van der Waals surface area contributed by atoms with Gasteiger partial charge in [-0.15, -0.1) is 0 Å². The predicted octanol–water partition coefficient (Wildman–Crippen LogP) is 6.02. The molecule has 1 aromatic heterocycles. The van der Waals surface area contributed by atoms with Gasteiger partial charge in [-0.3, -0.25) is 23.4 Å². The third-order valence-electron chi connectivity index (χ3n) is 6.71. The van der Waals surface area contributed by atoms with Crippen LogP contribution < -0.4 is 21.7 Å². The molecule has 0 bridgehead atoms. The first-order valence-corrected chi connectivity index (χ1v) is 17.7. The second-order valence-electron chi connectivity index (χ2n) is 9.75. The maximum Gasteiger partial charge on any atom is 0.196 e. The van der Waals surface area contributed by atoms with Crippen molar-refractivity contribution in [1.29, 1.82) is 0 Å². The monoisotopic (exact) mass is 631 g/mol. The van der Waals surface area contributed by atoms with E-state index in [2.05, 4.69) is 9.97 Å². The van der Waals surface area contributed by atoms with Crippen LogP contribution in [0.3, 0.4) is 0 Å². The Labute approximate surface area is 253 Å². The Bertz CT molecular complexity index is 2350. The lowest BCUT2D eigenvalue weighted by atomic mass is 9.99. The second-order valence-corrected chi connectivity index (χ2v) is 15.5. The van der Waals surface area contributed by atoms with Gasteiger partial charge in [-0.1, -0.05) is 93.9 Å². The van der Waals surface area contributed by atoms with Crippen LogP contribution in [0.25, 0.3) is 65.2 Å². The summed E-state index contributed by atoms with van der Waals surface area (Å²) in [5, 5.41) is 2.76. The average Bonchev–Trinajstić information content (AvgIpc) is 3.01. The van der Waals surface area contributed by atoms with Gasteiger partial charge in [0.15, 0.2) is 21.7 Å². The molecule has 0 aliphatic rings. The van der Waals surface area contributed by atoms with Crippen molar-refractivity contribution in [2.75, 3.05) is 6.26 Å². The molecule has 228 valence electrons. The Morgan fingerprint density at radius 1 is 0.568 bits per heavy atom. The highest BCUT2D eigenvalue weighted by Crippen LogP contribution is 2.26. The molecule has 9 nitrogen and oxygen atoms in total. The minimum atomic E-state index is -4.43. The molecule has 0 saturated heterocycles. The molecule has 1 heterocycles. The molecule has 0 spiro atoms. The Kier molecular flexibility index (Phi) is 8.87. The highest BCUT2D eigenvalue weighted by molar-refractivity contribution is 8.50. The number of hydrogen-bond donors (Lipinski definition) is 3. The van der Waals surface area contributed by atoms with E-state index >= 15 is 0 Å². The van der Waals surface area contributed by atoms with Gasteiger partial charge in [-0.2, -0.15) is 0 Å². The summed E-state index contributed by atoms with van der Waals surface area (Å²) in [6, 6.07) is 20.3. The number of rotatable bonds is 0. The first-order valence-electron chi connectivity index (χ1n) is 14.0. The average molecular weight is 632 g/mol. The van der Waals surface area contributed by atoms with Gasteiger partial charge >= 0.3 is 0 Å². The number of aromatic amines is 2. The quantitative estimate of drug-likeness (QED) is 0.105. The third-order valence-corrected chi connectivity index (χ3v) is 6.71. The Morgan fingerprint density at radius 3 is 1.14 bits per heavy atom. The van der Waals surface area contributed by atoms with Crippen LogP contribution in [0.2, 0.25) is 0 Å². The molecule has 0 aliphatic heterocycles. The molecule has 0 radical (unpaired) electrons. The van der Waals surface area contributed by atoms with Gasteiger partial charge in [0.05, 0.1) is 32.8 Å². The molecule has 0 saturated carbocycles. The van der Waals surface area contributed by atoms with E-state index in [4.69, 9.17) is 4.55 Å². The highest BCUT2D eigenvalue weighted by atomic mass is 32.8. The van der Waals surface area contributed by atoms with Gasteiger partial charge in [-0.05, 0) is 24.3 Å². The maximum absolute atomic E-state index is 13.4. The maximum atomic E-state index is 13.4. The van der Waals surface area contributed by atoms with Crippen molar-refractivity contribution in [3.8, 4) is 0 Å². The van der Waals surface area contributed by atoms with Gasteiger partial charge in [0, 0.05) is 38.6 Å². The summed E-state index contributed by atoms with van der Waals surface area (Å²) in [6.07, 6.45) is 0.724. The van der Waals surface area contributed by atoms with E-state index in [1.165, 1.54) is 8.44 Å². The summed E-state index contributed by atoms with van der Waals surface area (Å²) < 4.78 is 27.4. The van der Waals surface area contributed by atoms with Crippen molar-refractivity contribution in [2.45, 2.75) is 27.7 Å². The lowest BCUT2D eigenvalue weighted by Gasteiger charge is -2.32. The molecular formula is C33H32N2O7PS-. The molecule has 44 heavy (non-hydrogen) atoms. The van der Waals surface area contributed by atoms with E-state index in [1.54, 1.807) is 72.8 Å². The Hall–Kier alpha value is -4.34. The Balaban J connectivity index is 0.000000393. The number of benzene rings is 6. The number of hydrogen-bond acceptors (Lipinski definition) is 6. The van der Waals surface area contributed by atoms with Crippen LogP contribution >= 0.6 is 8.44 Å². The van der Waals surface area contributed by atoms with Gasteiger partial charge in [-0.25, -0.2) is 0 Å². The summed E-state index contributed by atoms with van der Waals surface area (Å²) >= 11 is 0. The minimum absolute atomic E-state index is 0.205. The molecule has 11 heteroatoms. The fourth-order valence-corrected chi connectivity index (χ4v) is 5.11. The van der Waals surface area contributed by atoms with Crippen LogP contribution in [0, 0.1) is 0 Å². The van der Waals surface area contributed by atoms with Crippen LogP contribution in [-0.4, -0.2) is 29.5 Å². The molecule has 6 aromatic carbocycles. The molecule has 0 amide bonds. The largest absolute Gasteiger partial charge is 0.767 e. The minimum Gasteiger partial charge on any atom is -0.767 e. The topological polar surface area (TPSA) is 160 Å². The van der Waals surface area contributed by atoms with Crippen molar-refractivity contribution in [2.24, 2.45) is 0 Å². The normalized spacial score (nSPS) is 12.1.